The number of rotatable bonds is 10. The van der Waals surface area contributed by atoms with Gasteiger partial charge >= 0.3 is 5.97 Å². The van der Waals surface area contributed by atoms with E-state index in [9.17, 15) is 9.59 Å². The second-order valence-corrected chi connectivity index (χ2v) is 7.47. The Morgan fingerprint density at radius 1 is 1.09 bits per heavy atom. The summed E-state index contributed by atoms with van der Waals surface area (Å²) in [5.74, 6) is 0.546. The van der Waals surface area contributed by atoms with Crippen LogP contribution in [0.2, 0.25) is 0 Å². The number of methoxy groups -OCH3 is 1. The van der Waals surface area contributed by atoms with Crippen LogP contribution in [-0.4, -0.2) is 41.8 Å². The van der Waals surface area contributed by atoms with Crippen molar-refractivity contribution in [2.75, 3.05) is 13.7 Å². The molecule has 1 atom stereocenters. The predicted octanol–water partition coefficient (Wildman–Crippen LogP) is 3.64. The number of amides is 1. The molecule has 3 rings (SSSR count). The summed E-state index contributed by atoms with van der Waals surface area (Å²) in [4.78, 5) is 29.5. The molecule has 0 saturated heterocycles. The molecule has 1 amide bonds. The minimum atomic E-state index is -0.847. The summed E-state index contributed by atoms with van der Waals surface area (Å²) in [6.45, 7) is 5.80. The van der Waals surface area contributed by atoms with Crippen molar-refractivity contribution in [1.29, 1.82) is 0 Å². The van der Waals surface area contributed by atoms with Gasteiger partial charge in [0.2, 0.25) is 5.82 Å². The van der Waals surface area contributed by atoms with Crippen molar-refractivity contribution >= 4 is 11.9 Å². The highest BCUT2D eigenvalue weighted by molar-refractivity contribution is 5.96. The Bertz CT molecular complexity index is 1080. The number of esters is 1. The molecule has 1 N–H and O–H groups in total. The molecule has 0 saturated carbocycles. The fourth-order valence-electron chi connectivity index (χ4n) is 3.04. The number of carbonyl (C=O) groups excluding carboxylic acids is 2. The zero-order valence-corrected chi connectivity index (χ0v) is 19.0. The molecular formula is C24H27N3O6. The van der Waals surface area contributed by atoms with Gasteiger partial charge in [-0.05, 0) is 49.2 Å². The number of para-hydroxylation sites is 1. The first-order chi connectivity index (χ1) is 15.9. The lowest BCUT2D eigenvalue weighted by Crippen LogP contribution is -2.45. The molecule has 0 fully saturated rings. The molecule has 0 bridgehead atoms. The van der Waals surface area contributed by atoms with Gasteiger partial charge in [-0.3, -0.25) is 4.79 Å². The molecule has 174 valence electrons. The van der Waals surface area contributed by atoms with E-state index in [2.05, 4.69) is 15.5 Å². The van der Waals surface area contributed by atoms with Crippen LogP contribution in [0, 0.1) is 5.92 Å². The number of nitrogens with zero attached hydrogens (tertiary/aromatic N) is 2. The molecule has 0 aliphatic heterocycles. The summed E-state index contributed by atoms with van der Waals surface area (Å²) < 4.78 is 21.3. The number of nitrogens with one attached hydrogen (secondary N) is 1. The van der Waals surface area contributed by atoms with Crippen LogP contribution in [0.1, 0.15) is 37.0 Å². The molecule has 0 aliphatic carbocycles. The lowest BCUT2D eigenvalue weighted by atomic mass is 10.0. The quantitative estimate of drug-likeness (QED) is 0.463. The van der Waals surface area contributed by atoms with Crippen LogP contribution in [0.25, 0.3) is 11.4 Å². The van der Waals surface area contributed by atoms with Gasteiger partial charge in [-0.15, -0.1) is 0 Å². The van der Waals surface area contributed by atoms with Crippen LogP contribution in [0.5, 0.6) is 11.5 Å². The maximum atomic E-state index is 12.7. The van der Waals surface area contributed by atoms with Gasteiger partial charge in [0.05, 0.1) is 19.3 Å². The van der Waals surface area contributed by atoms with E-state index >= 15 is 0 Å². The molecule has 0 radical (unpaired) electrons. The summed E-state index contributed by atoms with van der Waals surface area (Å²) in [6, 6.07) is 13.1. The highest BCUT2D eigenvalue weighted by Gasteiger charge is 2.27. The van der Waals surface area contributed by atoms with Crippen molar-refractivity contribution in [3.8, 4) is 22.9 Å². The molecule has 9 nitrogen and oxygen atoms in total. The van der Waals surface area contributed by atoms with E-state index in [0.717, 1.165) is 0 Å². The zero-order chi connectivity index (χ0) is 23.8. The first-order valence-corrected chi connectivity index (χ1v) is 10.6. The molecular weight excluding hydrogens is 426 g/mol. The number of hydrogen-bond acceptors (Lipinski definition) is 8. The van der Waals surface area contributed by atoms with Gasteiger partial charge in [-0.2, -0.15) is 4.98 Å². The highest BCUT2D eigenvalue weighted by atomic mass is 16.6. The van der Waals surface area contributed by atoms with Crippen LogP contribution < -0.4 is 14.8 Å². The summed E-state index contributed by atoms with van der Waals surface area (Å²) in [7, 11) is 1.55. The fourth-order valence-corrected chi connectivity index (χ4v) is 3.04. The summed E-state index contributed by atoms with van der Waals surface area (Å²) in [6.07, 6.45) is 0. The molecule has 0 spiro atoms. The van der Waals surface area contributed by atoms with Crippen LogP contribution in [0.4, 0.5) is 0 Å². The Morgan fingerprint density at radius 3 is 2.48 bits per heavy atom. The third-order valence-electron chi connectivity index (χ3n) is 4.79. The number of benzene rings is 2. The van der Waals surface area contributed by atoms with Crippen LogP contribution >= 0.6 is 0 Å². The van der Waals surface area contributed by atoms with Crippen molar-refractivity contribution in [3.05, 3.63) is 60.0 Å². The van der Waals surface area contributed by atoms with Gasteiger partial charge in [-0.25, -0.2) is 4.79 Å². The molecule has 1 aromatic heterocycles. The van der Waals surface area contributed by atoms with E-state index in [0.29, 0.717) is 35.1 Å². The Morgan fingerprint density at radius 2 is 1.82 bits per heavy atom. The number of carbonyl (C=O) groups is 2. The second kappa shape index (κ2) is 11.1. The lowest BCUT2D eigenvalue weighted by Gasteiger charge is -2.20. The average molecular weight is 453 g/mol. The van der Waals surface area contributed by atoms with Crippen molar-refractivity contribution in [1.82, 2.24) is 15.5 Å². The van der Waals surface area contributed by atoms with Gasteiger partial charge in [-0.1, -0.05) is 31.1 Å². The van der Waals surface area contributed by atoms with Crippen molar-refractivity contribution in [2.45, 2.75) is 33.4 Å². The molecule has 2 aromatic carbocycles. The van der Waals surface area contributed by atoms with E-state index < -0.39 is 12.0 Å². The lowest BCUT2D eigenvalue weighted by molar-refractivity contribution is -0.149. The molecule has 0 unspecified atom stereocenters. The van der Waals surface area contributed by atoms with Crippen molar-refractivity contribution in [2.24, 2.45) is 5.92 Å². The van der Waals surface area contributed by atoms with Crippen molar-refractivity contribution < 1.29 is 28.3 Å². The van der Waals surface area contributed by atoms with Gasteiger partial charge < -0.3 is 24.1 Å². The minimum absolute atomic E-state index is 0.133. The molecule has 1 heterocycles. The van der Waals surface area contributed by atoms with E-state index in [1.165, 1.54) is 0 Å². The normalized spacial score (nSPS) is 11.7. The van der Waals surface area contributed by atoms with Gasteiger partial charge in [0.15, 0.2) is 6.61 Å². The molecule has 0 aliphatic rings. The molecule has 9 heteroatoms. The third kappa shape index (κ3) is 6.09. The first kappa shape index (κ1) is 23.8. The van der Waals surface area contributed by atoms with Crippen LogP contribution in [-0.2, 0) is 16.1 Å². The van der Waals surface area contributed by atoms with E-state index in [1.54, 1.807) is 31.4 Å². The van der Waals surface area contributed by atoms with E-state index in [1.807, 2.05) is 45.0 Å². The number of ether oxygens (including phenoxy) is 3. The third-order valence-corrected chi connectivity index (χ3v) is 4.79. The summed E-state index contributed by atoms with van der Waals surface area (Å²) in [5, 5.41) is 6.67. The predicted molar refractivity (Wildman–Crippen MR) is 120 cm³/mol. The molecule has 33 heavy (non-hydrogen) atoms. The maximum absolute atomic E-state index is 12.7. The van der Waals surface area contributed by atoms with Crippen LogP contribution in [0.15, 0.2) is 53.1 Å². The Kier molecular flexibility index (Phi) is 8.01. The minimum Gasteiger partial charge on any atom is -0.497 e. The Balaban J connectivity index is 1.63. The number of hydrogen-bond donors (Lipinski definition) is 1. The average Bonchev–Trinajstić information content (AvgIpc) is 3.30. The van der Waals surface area contributed by atoms with Gasteiger partial charge in [0.1, 0.15) is 17.5 Å². The van der Waals surface area contributed by atoms with E-state index in [-0.39, 0.29) is 24.3 Å². The Labute approximate surface area is 192 Å². The largest absolute Gasteiger partial charge is 0.497 e. The van der Waals surface area contributed by atoms with Crippen LogP contribution in [0.3, 0.4) is 0 Å². The van der Waals surface area contributed by atoms with Gasteiger partial charge in [0.25, 0.3) is 11.8 Å². The molecule has 3 aromatic rings. The SMILES string of the molecule is CCOc1ccccc1-c1noc(COC(=O)[C@@H](NC(=O)c2ccc(OC)cc2)C(C)C)n1. The zero-order valence-electron chi connectivity index (χ0n) is 19.0. The summed E-state index contributed by atoms with van der Waals surface area (Å²) >= 11 is 0. The maximum Gasteiger partial charge on any atom is 0.329 e. The highest BCUT2D eigenvalue weighted by Crippen LogP contribution is 2.27. The van der Waals surface area contributed by atoms with Crippen molar-refractivity contribution in [3.63, 3.8) is 0 Å². The topological polar surface area (TPSA) is 113 Å². The fraction of sp³-hybridized carbons (Fsp3) is 0.333. The van der Waals surface area contributed by atoms with Gasteiger partial charge in [0, 0.05) is 5.56 Å². The smallest absolute Gasteiger partial charge is 0.329 e. The Hall–Kier alpha value is -3.88. The first-order valence-electron chi connectivity index (χ1n) is 10.6. The second-order valence-electron chi connectivity index (χ2n) is 7.47. The summed E-state index contributed by atoms with van der Waals surface area (Å²) in [5.41, 5.74) is 1.08. The number of aromatic nitrogens is 2. The monoisotopic (exact) mass is 453 g/mol. The van der Waals surface area contributed by atoms with E-state index in [4.69, 9.17) is 18.7 Å². The standard InChI is InChI=1S/C24H27N3O6/c1-5-31-19-9-7-6-8-18(19)22-25-20(33-27-22)14-32-24(29)21(15(2)3)26-23(28)16-10-12-17(30-4)13-11-16/h6-13,15,21H,5,14H2,1-4H3,(H,26,28)/t21-/m0/s1.